The van der Waals surface area contributed by atoms with Crippen LogP contribution in [0.5, 0.6) is 0 Å². The Morgan fingerprint density at radius 3 is 2.67 bits per heavy atom. The third-order valence-electron chi connectivity index (χ3n) is 11.0. The Kier molecular flexibility index (Phi) is 5.72. The molecule has 0 aromatic heterocycles. The largest absolute Gasteiger partial charge is 0.461 e. The van der Waals surface area contributed by atoms with Gasteiger partial charge < -0.3 is 20.3 Å². The maximum Gasteiger partial charge on any atom is 0.331 e. The van der Waals surface area contributed by atoms with Gasteiger partial charge in [0.15, 0.2) is 0 Å². The minimum atomic E-state index is -0.682. The maximum absolute atomic E-state index is 12.3. The average molecular weight is 460 g/mol. The molecule has 4 aliphatic carbocycles. The lowest BCUT2D eigenvalue weighted by atomic mass is 9.43. The number of cyclic esters (lactones) is 1. The molecule has 1 heterocycles. The topological polar surface area (TPSA) is 98.9 Å². The number of esters is 2. The third-order valence-corrected chi connectivity index (χ3v) is 11.0. The van der Waals surface area contributed by atoms with Gasteiger partial charge in [0.1, 0.15) is 18.8 Å². The Balaban J connectivity index is 1.33. The molecule has 9 atom stereocenters. The SMILES string of the molecule is CC[C@H](N)C(=O)O[C@H]1CC[C@@]2(C)[C@H](CC[C@@H]3[C@@H]2CC[C@]2(C)[C@@H](C4=CC(=O)OC4)CC[C@]32O)C1. The summed E-state index contributed by atoms with van der Waals surface area (Å²) >= 11 is 0. The molecule has 6 heteroatoms. The summed E-state index contributed by atoms with van der Waals surface area (Å²) in [5, 5.41) is 12.3. The van der Waals surface area contributed by atoms with Gasteiger partial charge in [0.25, 0.3) is 0 Å². The van der Waals surface area contributed by atoms with Gasteiger partial charge in [-0.05, 0) is 98.9 Å². The van der Waals surface area contributed by atoms with Crippen molar-refractivity contribution in [2.75, 3.05) is 6.61 Å². The molecule has 5 rings (SSSR count). The summed E-state index contributed by atoms with van der Waals surface area (Å²) in [6.45, 7) is 7.01. The van der Waals surface area contributed by atoms with E-state index in [0.29, 0.717) is 30.8 Å². The lowest BCUT2D eigenvalue weighted by Gasteiger charge is -2.63. The van der Waals surface area contributed by atoms with Crippen LogP contribution in [-0.2, 0) is 19.1 Å². The molecule has 1 aliphatic heterocycles. The number of hydrogen-bond acceptors (Lipinski definition) is 6. The summed E-state index contributed by atoms with van der Waals surface area (Å²) in [6, 6.07) is -0.523. The Labute approximate surface area is 197 Å². The average Bonchev–Trinajstić information content (AvgIpc) is 3.33. The zero-order valence-corrected chi connectivity index (χ0v) is 20.5. The predicted octanol–water partition coefficient (Wildman–Crippen LogP) is 3.89. The zero-order valence-electron chi connectivity index (χ0n) is 20.5. The first-order valence-electron chi connectivity index (χ1n) is 13.2. The van der Waals surface area contributed by atoms with Crippen LogP contribution in [0.15, 0.2) is 11.6 Å². The van der Waals surface area contributed by atoms with E-state index in [2.05, 4.69) is 13.8 Å². The number of carbonyl (C=O) groups is 2. The lowest BCUT2D eigenvalue weighted by Crippen LogP contribution is -2.62. The van der Waals surface area contributed by atoms with Crippen molar-refractivity contribution in [3.8, 4) is 0 Å². The van der Waals surface area contributed by atoms with E-state index in [1.165, 1.54) is 0 Å². The van der Waals surface area contributed by atoms with E-state index >= 15 is 0 Å². The van der Waals surface area contributed by atoms with Gasteiger partial charge in [-0.15, -0.1) is 0 Å². The summed E-state index contributed by atoms with van der Waals surface area (Å²) in [4.78, 5) is 24.0. The van der Waals surface area contributed by atoms with E-state index in [9.17, 15) is 14.7 Å². The fraction of sp³-hybridized carbons (Fsp3) is 0.852. The summed E-state index contributed by atoms with van der Waals surface area (Å²) in [5.74, 6) is 1.06. The van der Waals surface area contributed by atoms with Gasteiger partial charge in [-0.2, -0.15) is 0 Å². The first-order chi connectivity index (χ1) is 15.6. The molecule has 0 saturated heterocycles. The molecule has 4 saturated carbocycles. The van der Waals surface area contributed by atoms with Crippen LogP contribution in [0, 0.1) is 34.5 Å². The smallest absolute Gasteiger partial charge is 0.331 e. The first-order valence-corrected chi connectivity index (χ1v) is 13.2. The lowest BCUT2D eigenvalue weighted by molar-refractivity contribution is -0.210. The monoisotopic (exact) mass is 459 g/mol. The summed E-state index contributed by atoms with van der Waals surface area (Å²) in [5.41, 5.74) is 6.28. The number of rotatable bonds is 4. The van der Waals surface area contributed by atoms with Crippen LogP contribution in [0.25, 0.3) is 0 Å². The number of aliphatic hydroxyl groups is 1. The second-order valence-corrected chi connectivity index (χ2v) is 12.1. The zero-order chi connectivity index (χ0) is 23.6. The molecule has 0 aromatic rings. The molecule has 3 N–H and O–H groups in total. The van der Waals surface area contributed by atoms with E-state index in [1.54, 1.807) is 6.08 Å². The molecular weight excluding hydrogens is 418 g/mol. The second-order valence-electron chi connectivity index (χ2n) is 12.1. The molecule has 5 aliphatic rings. The van der Waals surface area contributed by atoms with Crippen LogP contribution in [0.2, 0.25) is 0 Å². The fourth-order valence-corrected chi connectivity index (χ4v) is 8.90. The fourth-order valence-electron chi connectivity index (χ4n) is 8.90. The van der Waals surface area contributed by atoms with Crippen molar-refractivity contribution in [1.82, 2.24) is 0 Å². The van der Waals surface area contributed by atoms with Crippen molar-refractivity contribution in [2.45, 2.75) is 103 Å². The van der Waals surface area contributed by atoms with Gasteiger partial charge in [0.2, 0.25) is 0 Å². The molecule has 4 fully saturated rings. The summed E-state index contributed by atoms with van der Waals surface area (Å²) in [7, 11) is 0. The molecule has 184 valence electrons. The Hall–Kier alpha value is -1.40. The van der Waals surface area contributed by atoms with Crippen molar-refractivity contribution < 1.29 is 24.2 Å². The number of nitrogens with two attached hydrogens (primary N) is 1. The van der Waals surface area contributed by atoms with Crippen molar-refractivity contribution in [2.24, 2.45) is 40.2 Å². The van der Waals surface area contributed by atoms with Crippen LogP contribution < -0.4 is 5.73 Å². The minimum absolute atomic E-state index is 0.0237. The number of hydrogen-bond donors (Lipinski definition) is 2. The van der Waals surface area contributed by atoms with Crippen LogP contribution in [0.1, 0.15) is 85.0 Å². The number of carbonyl (C=O) groups excluding carboxylic acids is 2. The summed E-state index contributed by atoms with van der Waals surface area (Å²) in [6.07, 6.45) is 11.1. The third kappa shape index (κ3) is 3.42. The molecule has 0 amide bonds. The normalized spacial score (nSPS) is 47.6. The van der Waals surface area contributed by atoms with Crippen LogP contribution in [-0.4, -0.2) is 41.4 Å². The van der Waals surface area contributed by atoms with Gasteiger partial charge >= 0.3 is 11.9 Å². The Morgan fingerprint density at radius 1 is 1.18 bits per heavy atom. The quantitative estimate of drug-likeness (QED) is 0.619. The van der Waals surface area contributed by atoms with E-state index in [1.807, 2.05) is 6.92 Å². The highest BCUT2D eigenvalue weighted by Crippen LogP contribution is 2.70. The highest BCUT2D eigenvalue weighted by atomic mass is 16.5. The molecule has 0 unspecified atom stereocenters. The maximum atomic E-state index is 12.3. The molecule has 6 nitrogen and oxygen atoms in total. The van der Waals surface area contributed by atoms with Crippen LogP contribution in [0.4, 0.5) is 0 Å². The van der Waals surface area contributed by atoms with Gasteiger partial charge in [-0.25, -0.2) is 4.79 Å². The van der Waals surface area contributed by atoms with E-state index in [0.717, 1.165) is 63.4 Å². The van der Waals surface area contributed by atoms with Gasteiger partial charge in [0, 0.05) is 11.5 Å². The number of fused-ring (bicyclic) bond motifs is 5. The van der Waals surface area contributed by atoms with Crippen LogP contribution >= 0.6 is 0 Å². The minimum Gasteiger partial charge on any atom is -0.461 e. The Morgan fingerprint density at radius 2 is 1.97 bits per heavy atom. The van der Waals surface area contributed by atoms with E-state index in [-0.39, 0.29) is 34.8 Å². The molecule has 0 spiro atoms. The highest BCUT2D eigenvalue weighted by Gasteiger charge is 2.67. The Bertz CT molecular complexity index is 855. The van der Waals surface area contributed by atoms with Gasteiger partial charge in [-0.1, -0.05) is 20.8 Å². The molecule has 0 radical (unpaired) electrons. The molecular formula is C27H41NO5. The van der Waals surface area contributed by atoms with Crippen LogP contribution in [0.3, 0.4) is 0 Å². The van der Waals surface area contributed by atoms with Gasteiger partial charge in [-0.3, -0.25) is 4.79 Å². The highest BCUT2D eigenvalue weighted by molar-refractivity contribution is 5.85. The first kappa shape index (κ1) is 23.3. The predicted molar refractivity (Wildman–Crippen MR) is 124 cm³/mol. The molecule has 0 aromatic carbocycles. The van der Waals surface area contributed by atoms with E-state index < -0.39 is 11.6 Å². The van der Waals surface area contributed by atoms with Crippen molar-refractivity contribution in [3.63, 3.8) is 0 Å². The number of ether oxygens (including phenoxy) is 2. The van der Waals surface area contributed by atoms with Gasteiger partial charge in [0.05, 0.1) is 5.60 Å². The van der Waals surface area contributed by atoms with Crippen molar-refractivity contribution in [3.05, 3.63) is 11.6 Å². The standard InChI is InChI=1S/C27H41NO5/c1-4-22(28)24(30)33-18-7-10-25(2)17(14-18)5-6-21-20(25)8-11-26(3)19(9-12-27(21,26)31)16-13-23(29)32-15-16/h13,17-22,31H,4-12,14-15,28H2,1-3H3/t17-,18+,19-,20+,21-,22+,25+,26-,27+/m1/s1. The van der Waals surface area contributed by atoms with Crippen molar-refractivity contribution >= 4 is 11.9 Å². The molecule has 33 heavy (non-hydrogen) atoms. The molecule has 0 bridgehead atoms. The summed E-state index contributed by atoms with van der Waals surface area (Å²) < 4.78 is 11.0. The van der Waals surface area contributed by atoms with Crippen molar-refractivity contribution in [1.29, 1.82) is 0 Å². The van der Waals surface area contributed by atoms with E-state index in [4.69, 9.17) is 15.2 Å². The second kappa shape index (κ2) is 8.08.